The first-order chi connectivity index (χ1) is 14.8. The molecule has 6 nitrogen and oxygen atoms in total. The molecule has 0 unspecified atom stereocenters. The van der Waals surface area contributed by atoms with E-state index in [4.69, 9.17) is 0 Å². The highest BCUT2D eigenvalue weighted by molar-refractivity contribution is 5.72. The number of halogens is 3. The smallest absolute Gasteiger partial charge is 0.320 e. The number of rotatable bonds is 5. The quantitative estimate of drug-likeness (QED) is 0.489. The van der Waals surface area contributed by atoms with Crippen molar-refractivity contribution in [1.29, 1.82) is 0 Å². The lowest BCUT2D eigenvalue weighted by Gasteiger charge is -2.14. The van der Waals surface area contributed by atoms with Gasteiger partial charge in [-0.25, -0.2) is 27.5 Å². The Morgan fingerprint density at radius 3 is 2.29 bits per heavy atom. The third kappa shape index (κ3) is 3.78. The Morgan fingerprint density at radius 1 is 0.968 bits per heavy atom. The minimum Gasteiger partial charge on any atom is -0.320 e. The van der Waals surface area contributed by atoms with Crippen LogP contribution < -0.4 is 11.2 Å². The van der Waals surface area contributed by atoms with Crippen molar-refractivity contribution in [3.05, 3.63) is 92.6 Å². The van der Waals surface area contributed by atoms with E-state index in [9.17, 15) is 22.8 Å². The molecule has 0 aliphatic carbocycles. The maximum absolute atomic E-state index is 14.2. The van der Waals surface area contributed by atoms with Gasteiger partial charge in [-0.05, 0) is 36.2 Å². The first-order valence-electron chi connectivity index (χ1n) is 9.67. The molecular formula is C22H19F3N4O2. The number of hydrogen-bond acceptors (Lipinski definition) is 3. The van der Waals surface area contributed by atoms with Crippen LogP contribution in [0.5, 0.6) is 0 Å². The highest BCUT2D eigenvalue weighted by Crippen LogP contribution is 2.17. The Hall–Kier alpha value is -3.62. The molecule has 0 saturated heterocycles. The lowest BCUT2D eigenvalue weighted by Crippen LogP contribution is -2.41. The third-order valence-corrected chi connectivity index (χ3v) is 4.89. The summed E-state index contributed by atoms with van der Waals surface area (Å²) >= 11 is 0. The maximum Gasteiger partial charge on any atom is 0.337 e. The first kappa shape index (κ1) is 20.6. The highest BCUT2D eigenvalue weighted by atomic mass is 19.1. The van der Waals surface area contributed by atoms with Crippen molar-refractivity contribution in [1.82, 2.24) is 18.7 Å². The number of fused-ring (bicyclic) bond motifs is 1. The monoisotopic (exact) mass is 428 g/mol. The zero-order valence-corrected chi connectivity index (χ0v) is 16.8. The van der Waals surface area contributed by atoms with Crippen LogP contribution in [0.25, 0.3) is 16.9 Å². The van der Waals surface area contributed by atoms with Crippen LogP contribution in [0.2, 0.25) is 0 Å². The molecule has 2 aromatic heterocycles. The van der Waals surface area contributed by atoms with Gasteiger partial charge in [-0.3, -0.25) is 9.36 Å². The summed E-state index contributed by atoms with van der Waals surface area (Å²) in [7, 11) is 0. The topological polar surface area (TPSA) is 61.8 Å². The number of imidazole rings is 1. The predicted octanol–water partition coefficient (Wildman–Crippen LogP) is 3.47. The van der Waals surface area contributed by atoms with Crippen molar-refractivity contribution in [2.75, 3.05) is 0 Å². The van der Waals surface area contributed by atoms with Gasteiger partial charge in [0.1, 0.15) is 17.5 Å². The zero-order valence-electron chi connectivity index (χ0n) is 16.8. The van der Waals surface area contributed by atoms with E-state index in [1.54, 1.807) is 0 Å². The summed E-state index contributed by atoms with van der Waals surface area (Å²) in [5.74, 6) is -1.94. The predicted molar refractivity (Wildman–Crippen MR) is 110 cm³/mol. The summed E-state index contributed by atoms with van der Waals surface area (Å²) < 4.78 is 44.6. The van der Waals surface area contributed by atoms with E-state index < -0.39 is 28.7 Å². The molecule has 31 heavy (non-hydrogen) atoms. The van der Waals surface area contributed by atoms with Crippen LogP contribution in [-0.2, 0) is 13.1 Å². The molecule has 9 heteroatoms. The summed E-state index contributed by atoms with van der Waals surface area (Å²) in [5, 5.41) is 0. The molecule has 4 rings (SSSR count). The second kappa shape index (κ2) is 7.90. The standard InChI is InChI=1S/C22H19F3N4O2/c1-13(2)10-28-21(30)19-20(29(22(28)31)17-7-5-15(23)6-8-17)26-12-27(19)11-14-3-4-16(24)9-18(14)25/h3-9,12-13H,10-11H2,1-2H3. The van der Waals surface area contributed by atoms with Crippen LogP contribution in [0.15, 0.2) is 58.4 Å². The fourth-order valence-corrected chi connectivity index (χ4v) is 3.48. The van der Waals surface area contributed by atoms with Gasteiger partial charge in [-0.15, -0.1) is 0 Å². The van der Waals surface area contributed by atoms with Crippen molar-refractivity contribution in [2.24, 2.45) is 5.92 Å². The van der Waals surface area contributed by atoms with Crippen molar-refractivity contribution < 1.29 is 13.2 Å². The fourth-order valence-electron chi connectivity index (χ4n) is 3.48. The molecule has 0 aliphatic heterocycles. The molecule has 0 radical (unpaired) electrons. The van der Waals surface area contributed by atoms with Crippen LogP contribution in [0, 0.1) is 23.4 Å². The molecule has 4 aromatic rings. The van der Waals surface area contributed by atoms with Gasteiger partial charge < -0.3 is 4.57 Å². The van der Waals surface area contributed by atoms with Crippen LogP contribution in [0.1, 0.15) is 19.4 Å². The average molecular weight is 428 g/mol. The Balaban J connectivity index is 1.98. The summed E-state index contributed by atoms with van der Waals surface area (Å²) in [6.07, 6.45) is 1.33. The average Bonchev–Trinajstić information content (AvgIpc) is 3.12. The van der Waals surface area contributed by atoms with Gasteiger partial charge in [0.15, 0.2) is 11.2 Å². The first-order valence-corrected chi connectivity index (χ1v) is 9.67. The summed E-state index contributed by atoms with van der Waals surface area (Å²) in [5.41, 5.74) is -0.498. The van der Waals surface area contributed by atoms with Gasteiger partial charge in [-0.1, -0.05) is 19.9 Å². The molecule has 160 valence electrons. The number of nitrogens with zero attached hydrogens (tertiary/aromatic N) is 4. The fraction of sp³-hybridized carbons (Fsp3) is 0.227. The van der Waals surface area contributed by atoms with E-state index in [2.05, 4.69) is 4.98 Å². The van der Waals surface area contributed by atoms with Gasteiger partial charge in [0.25, 0.3) is 5.56 Å². The molecule has 0 atom stereocenters. The van der Waals surface area contributed by atoms with Gasteiger partial charge >= 0.3 is 5.69 Å². The number of benzene rings is 2. The Labute approximate surface area is 174 Å². The molecule has 2 aromatic carbocycles. The number of hydrogen-bond donors (Lipinski definition) is 0. The Bertz CT molecular complexity index is 1390. The molecule has 0 spiro atoms. The zero-order chi connectivity index (χ0) is 22.3. The SMILES string of the molecule is CC(C)Cn1c(=O)c2c(ncn2Cc2ccc(F)cc2F)n(-c2ccc(F)cc2)c1=O. The molecule has 0 amide bonds. The third-order valence-electron chi connectivity index (χ3n) is 4.89. The van der Waals surface area contributed by atoms with Gasteiger partial charge in [0, 0.05) is 18.2 Å². The van der Waals surface area contributed by atoms with E-state index in [1.807, 2.05) is 13.8 Å². The van der Waals surface area contributed by atoms with Gasteiger partial charge in [-0.2, -0.15) is 0 Å². The molecular weight excluding hydrogens is 409 g/mol. The molecule has 2 heterocycles. The van der Waals surface area contributed by atoms with Crippen LogP contribution in [-0.4, -0.2) is 18.7 Å². The van der Waals surface area contributed by atoms with Crippen molar-refractivity contribution in [3.63, 3.8) is 0 Å². The Morgan fingerprint density at radius 2 is 1.65 bits per heavy atom. The van der Waals surface area contributed by atoms with Gasteiger partial charge in [0.05, 0.1) is 18.6 Å². The molecule has 0 saturated carbocycles. The highest BCUT2D eigenvalue weighted by Gasteiger charge is 2.20. The molecule has 0 N–H and O–H groups in total. The van der Waals surface area contributed by atoms with Crippen LogP contribution >= 0.6 is 0 Å². The summed E-state index contributed by atoms with van der Waals surface area (Å²) in [4.78, 5) is 30.6. The lowest BCUT2D eigenvalue weighted by atomic mass is 10.2. The second-order valence-corrected chi connectivity index (χ2v) is 7.68. The molecule has 0 aliphatic rings. The van der Waals surface area contributed by atoms with E-state index in [1.165, 1.54) is 45.8 Å². The number of aromatic nitrogens is 4. The summed E-state index contributed by atoms with van der Waals surface area (Å²) in [6.45, 7) is 3.80. The van der Waals surface area contributed by atoms with E-state index in [-0.39, 0.29) is 35.7 Å². The van der Waals surface area contributed by atoms with Crippen LogP contribution in [0.4, 0.5) is 13.2 Å². The van der Waals surface area contributed by atoms with Crippen LogP contribution in [0.3, 0.4) is 0 Å². The lowest BCUT2D eigenvalue weighted by molar-refractivity contribution is 0.488. The summed E-state index contributed by atoms with van der Waals surface area (Å²) in [6, 6.07) is 8.42. The van der Waals surface area contributed by atoms with Gasteiger partial charge in [0.2, 0.25) is 0 Å². The van der Waals surface area contributed by atoms with E-state index >= 15 is 0 Å². The van der Waals surface area contributed by atoms with Crippen molar-refractivity contribution in [3.8, 4) is 5.69 Å². The normalized spacial score (nSPS) is 11.5. The Kier molecular flexibility index (Phi) is 5.26. The maximum atomic E-state index is 14.2. The minimum absolute atomic E-state index is 0.00423. The molecule has 0 bridgehead atoms. The molecule has 0 fully saturated rings. The van der Waals surface area contributed by atoms with E-state index in [0.29, 0.717) is 5.69 Å². The van der Waals surface area contributed by atoms with Crippen molar-refractivity contribution >= 4 is 11.2 Å². The van der Waals surface area contributed by atoms with Crippen molar-refractivity contribution in [2.45, 2.75) is 26.9 Å². The minimum atomic E-state index is -0.754. The largest absolute Gasteiger partial charge is 0.337 e. The van der Waals surface area contributed by atoms with E-state index in [0.717, 1.165) is 16.7 Å². The second-order valence-electron chi connectivity index (χ2n) is 7.68.